The Morgan fingerprint density at radius 1 is 1.33 bits per heavy atom. The van der Waals surface area contributed by atoms with E-state index < -0.39 is 40.5 Å². The van der Waals surface area contributed by atoms with Gasteiger partial charge in [-0.2, -0.15) is 22.0 Å². The zero-order valence-electron chi connectivity index (χ0n) is 8.82. The number of carbonyl (C=O) groups is 1. The van der Waals surface area contributed by atoms with E-state index in [4.69, 9.17) is 11.6 Å². The van der Waals surface area contributed by atoms with Crippen LogP contribution in [0.25, 0.3) is 0 Å². The van der Waals surface area contributed by atoms with Gasteiger partial charge in [0, 0.05) is 0 Å². The van der Waals surface area contributed by atoms with Crippen molar-refractivity contribution in [3.05, 3.63) is 28.3 Å². The molecule has 100 valence electrons. The summed E-state index contributed by atoms with van der Waals surface area (Å²) >= 11 is 5.48. The Balaban J connectivity index is 3.43. The van der Waals surface area contributed by atoms with Gasteiger partial charge < -0.3 is 4.74 Å². The van der Waals surface area contributed by atoms with E-state index in [1.807, 2.05) is 0 Å². The van der Waals surface area contributed by atoms with E-state index in [2.05, 4.69) is 4.74 Å². The van der Waals surface area contributed by atoms with Crippen LogP contribution in [-0.4, -0.2) is 12.4 Å². The molecule has 1 aromatic rings. The molecule has 2 nitrogen and oxygen atoms in total. The van der Waals surface area contributed by atoms with Gasteiger partial charge in [-0.25, -0.2) is 0 Å². The van der Waals surface area contributed by atoms with E-state index in [9.17, 15) is 26.7 Å². The monoisotopic (exact) mass is 288 g/mol. The van der Waals surface area contributed by atoms with Gasteiger partial charge in [0.25, 0.3) is 0 Å². The number of hydrogen-bond donors (Lipinski definition) is 0. The van der Waals surface area contributed by atoms with Crippen molar-refractivity contribution in [1.29, 1.82) is 0 Å². The lowest BCUT2D eigenvalue weighted by Crippen LogP contribution is -2.13. The van der Waals surface area contributed by atoms with Gasteiger partial charge in [0.05, 0.1) is 16.1 Å². The molecule has 18 heavy (non-hydrogen) atoms. The molecule has 0 bridgehead atoms. The summed E-state index contributed by atoms with van der Waals surface area (Å²) in [5.74, 6) is -1.67. The molecule has 0 aliphatic heterocycles. The first kappa shape index (κ1) is 14.7. The van der Waals surface area contributed by atoms with Crippen molar-refractivity contribution < 1.29 is 31.5 Å². The second kappa shape index (κ2) is 5.09. The highest BCUT2D eigenvalue weighted by molar-refractivity contribution is 6.35. The van der Waals surface area contributed by atoms with Crippen molar-refractivity contribution in [2.45, 2.75) is 19.7 Å². The van der Waals surface area contributed by atoms with Gasteiger partial charge in [0.15, 0.2) is 5.78 Å². The lowest BCUT2D eigenvalue weighted by atomic mass is 10.0. The number of halogens is 6. The summed E-state index contributed by atoms with van der Waals surface area (Å²) in [6.45, 7) is -2.40. The third kappa shape index (κ3) is 3.10. The number of ether oxygens (including phenoxy) is 1. The first-order chi connectivity index (χ1) is 8.14. The molecule has 0 fully saturated rings. The molecule has 0 heterocycles. The molecule has 0 aromatic heterocycles. The first-order valence-corrected chi connectivity index (χ1v) is 4.87. The average Bonchev–Trinajstić information content (AvgIpc) is 2.17. The fraction of sp³-hybridized carbons (Fsp3) is 0.300. The molecule has 0 atom stereocenters. The molecule has 1 rings (SSSR count). The Morgan fingerprint density at radius 2 is 1.89 bits per heavy atom. The molecule has 0 N–H and O–H groups in total. The van der Waals surface area contributed by atoms with Gasteiger partial charge in [0.1, 0.15) is 5.75 Å². The third-order valence-corrected chi connectivity index (χ3v) is 2.36. The quantitative estimate of drug-likeness (QED) is 0.616. The molecule has 0 spiro atoms. The van der Waals surface area contributed by atoms with E-state index in [0.29, 0.717) is 12.1 Å². The normalized spacial score (nSPS) is 11.8. The maximum atomic E-state index is 12.6. The standard InChI is InChI=1S/C10H6ClF5O2/c1-4(17)7-5(10(14,15)16)2-3-6(8(7)11)18-9(12)13/h2-3,9H,1H3. The number of hydrogen-bond acceptors (Lipinski definition) is 2. The van der Waals surface area contributed by atoms with Crippen LogP contribution in [0.1, 0.15) is 22.8 Å². The summed E-state index contributed by atoms with van der Waals surface area (Å²) in [6, 6.07) is 1.12. The van der Waals surface area contributed by atoms with Crippen molar-refractivity contribution in [3.63, 3.8) is 0 Å². The Bertz CT molecular complexity index is 470. The van der Waals surface area contributed by atoms with Crippen molar-refractivity contribution in [2.75, 3.05) is 0 Å². The fourth-order valence-electron chi connectivity index (χ4n) is 1.32. The predicted octanol–water partition coefficient (Wildman–Crippen LogP) is 4.16. The summed E-state index contributed by atoms with van der Waals surface area (Å²) in [6.07, 6.45) is -4.81. The zero-order valence-corrected chi connectivity index (χ0v) is 9.57. The van der Waals surface area contributed by atoms with Crippen molar-refractivity contribution in [2.24, 2.45) is 0 Å². The van der Waals surface area contributed by atoms with Crippen LogP contribution in [0.3, 0.4) is 0 Å². The smallest absolute Gasteiger partial charge is 0.417 e. The highest BCUT2D eigenvalue weighted by Crippen LogP contribution is 2.39. The molecule has 0 aliphatic rings. The van der Waals surface area contributed by atoms with Gasteiger partial charge >= 0.3 is 12.8 Å². The Morgan fingerprint density at radius 3 is 2.28 bits per heavy atom. The minimum Gasteiger partial charge on any atom is -0.433 e. The number of carbonyl (C=O) groups excluding carboxylic acids is 1. The molecule has 0 unspecified atom stereocenters. The fourth-order valence-corrected chi connectivity index (χ4v) is 1.67. The number of ketones is 1. The van der Waals surface area contributed by atoms with Crippen LogP contribution in [-0.2, 0) is 6.18 Å². The van der Waals surface area contributed by atoms with Crippen LogP contribution in [0.15, 0.2) is 12.1 Å². The van der Waals surface area contributed by atoms with Crippen LogP contribution in [0.5, 0.6) is 5.75 Å². The number of rotatable bonds is 3. The number of alkyl halides is 5. The molecule has 0 aliphatic carbocycles. The van der Waals surface area contributed by atoms with Crippen LogP contribution in [0.2, 0.25) is 5.02 Å². The maximum Gasteiger partial charge on any atom is 0.417 e. The molecule has 0 saturated carbocycles. The summed E-state index contributed by atoms with van der Waals surface area (Å²) in [4.78, 5) is 11.1. The van der Waals surface area contributed by atoms with Crippen LogP contribution in [0.4, 0.5) is 22.0 Å². The van der Waals surface area contributed by atoms with Gasteiger partial charge in [-0.15, -0.1) is 0 Å². The van der Waals surface area contributed by atoms with Crippen molar-refractivity contribution in [1.82, 2.24) is 0 Å². The van der Waals surface area contributed by atoms with E-state index in [0.717, 1.165) is 6.92 Å². The number of benzene rings is 1. The minimum absolute atomic E-state index is 0.473. The van der Waals surface area contributed by atoms with Crippen LogP contribution in [0, 0.1) is 0 Å². The Labute approximate surface area is 103 Å². The first-order valence-electron chi connectivity index (χ1n) is 4.50. The second-order valence-electron chi connectivity index (χ2n) is 3.23. The molecular weight excluding hydrogens is 283 g/mol. The Hall–Kier alpha value is -1.37. The highest BCUT2D eigenvalue weighted by atomic mass is 35.5. The second-order valence-corrected chi connectivity index (χ2v) is 3.61. The molecular formula is C10H6ClF5O2. The summed E-state index contributed by atoms with van der Waals surface area (Å²) in [5.41, 5.74) is -2.18. The minimum atomic E-state index is -4.81. The zero-order chi connectivity index (χ0) is 14.1. The van der Waals surface area contributed by atoms with Crippen LogP contribution < -0.4 is 4.74 Å². The largest absolute Gasteiger partial charge is 0.433 e. The lowest BCUT2D eigenvalue weighted by Gasteiger charge is -2.15. The summed E-state index contributed by atoms with van der Waals surface area (Å²) < 4.78 is 65.6. The van der Waals surface area contributed by atoms with E-state index in [-0.39, 0.29) is 0 Å². The molecule has 8 heteroatoms. The SMILES string of the molecule is CC(=O)c1c(C(F)(F)F)ccc(OC(F)F)c1Cl. The van der Waals surface area contributed by atoms with Gasteiger partial charge in [-0.1, -0.05) is 11.6 Å². The Kier molecular flexibility index (Phi) is 4.16. The maximum absolute atomic E-state index is 12.6. The molecule has 0 radical (unpaired) electrons. The molecule has 0 saturated heterocycles. The highest BCUT2D eigenvalue weighted by Gasteiger charge is 2.36. The third-order valence-electron chi connectivity index (χ3n) is 1.98. The van der Waals surface area contributed by atoms with E-state index >= 15 is 0 Å². The van der Waals surface area contributed by atoms with Gasteiger partial charge in [-0.3, -0.25) is 4.79 Å². The number of Topliss-reactive ketones (excluding diaryl/α,β-unsaturated/α-hetero) is 1. The molecule has 1 aromatic carbocycles. The lowest BCUT2D eigenvalue weighted by molar-refractivity contribution is -0.137. The van der Waals surface area contributed by atoms with Crippen molar-refractivity contribution in [3.8, 4) is 5.75 Å². The van der Waals surface area contributed by atoms with Crippen molar-refractivity contribution >= 4 is 17.4 Å². The molecule has 0 amide bonds. The van der Waals surface area contributed by atoms with Gasteiger partial charge in [0.2, 0.25) is 0 Å². The average molecular weight is 289 g/mol. The van der Waals surface area contributed by atoms with E-state index in [1.54, 1.807) is 0 Å². The van der Waals surface area contributed by atoms with E-state index in [1.165, 1.54) is 0 Å². The van der Waals surface area contributed by atoms with Gasteiger partial charge in [-0.05, 0) is 19.1 Å². The summed E-state index contributed by atoms with van der Waals surface area (Å²) in [7, 11) is 0. The predicted molar refractivity (Wildman–Crippen MR) is 53.1 cm³/mol. The topological polar surface area (TPSA) is 26.3 Å². The summed E-state index contributed by atoms with van der Waals surface area (Å²) in [5, 5.41) is -0.780. The van der Waals surface area contributed by atoms with Crippen LogP contribution >= 0.6 is 11.6 Å².